The van der Waals surface area contributed by atoms with E-state index in [1.807, 2.05) is 48.5 Å². The summed E-state index contributed by atoms with van der Waals surface area (Å²) in [5, 5.41) is 9.28. The van der Waals surface area contributed by atoms with Crippen LogP contribution in [0.4, 0.5) is 11.4 Å². The van der Waals surface area contributed by atoms with Crippen molar-refractivity contribution >= 4 is 30.0 Å². The summed E-state index contributed by atoms with van der Waals surface area (Å²) in [5.41, 5.74) is 8.28. The Morgan fingerprint density at radius 1 is 1.04 bits per heavy atom. The average molecular weight is 368 g/mol. The van der Waals surface area contributed by atoms with Crippen molar-refractivity contribution in [2.45, 2.75) is 25.2 Å². The van der Waals surface area contributed by atoms with Crippen LogP contribution < -0.4 is 22.5 Å². The number of benzene rings is 2. The lowest BCUT2D eigenvalue weighted by atomic mass is 9.89. The second-order valence-corrected chi connectivity index (χ2v) is 5.94. The van der Waals surface area contributed by atoms with E-state index in [-0.39, 0.29) is 12.3 Å². The third-order valence-electron chi connectivity index (χ3n) is 4.06. The Balaban J connectivity index is 2.09. The largest absolute Gasteiger partial charge is 0.481 e. The highest BCUT2D eigenvalue weighted by atomic mass is 16.4. The van der Waals surface area contributed by atoms with E-state index >= 15 is 0 Å². The summed E-state index contributed by atoms with van der Waals surface area (Å²) in [6.07, 6.45) is 4.33. The van der Waals surface area contributed by atoms with Crippen molar-refractivity contribution in [1.82, 2.24) is 10.9 Å². The first kappa shape index (κ1) is 20.1. The summed E-state index contributed by atoms with van der Waals surface area (Å²) in [5.74, 6) is 9.42. The number of carboxylic acid groups (broad SMARTS) is 1. The fourth-order valence-electron chi connectivity index (χ4n) is 2.77. The summed E-state index contributed by atoms with van der Waals surface area (Å²) in [6, 6.07) is 15.3. The molecule has 27 heavy (non-hydrogen) atoms. The molecular weight excluding hydrogens is 344 g/mol. The van der Waals surface area contributed by atoms with E-state index < -0.39 is 5.97 Å². The van der Waals surface area contributed by atoms with Gasteiger partial charge in [0.25, 0.3) is 0 Å². The monoisotopic (exact) mass is 368 g/mol. The van der Waals surface area contributed by atoms with Crippen molar-refractivity contribution in [1.29, 1.82) is 0 Å². The van der Waals surface area contributed by atoms with Gasteiger partial charge in [0.1, 0.15) is 12.7 Å². The molecule has 0 spiro atoms. The van der Waals surface area contributed by atoms with Crippen molar-refractivity contribution in [2.24, 2.45) is 21.7 Å². The maximum atomic E-state index is 11.3. The Morgan fingerprint density at radius 2 is 1.70 bits per heavy atom. The number of nitrogens with one attached hydrogen (secondary N) is 2. The van der Waals surface area contributed by atoms with E-state index in [9.17, 15) is 9.90 Å². The highest BCUT2D eigenvalue weighted by Crippen LogP contribution is 2.28. The zero-order valence-electron chi connectivity index (χ0n) is 14.9. The predicted octanol–water partition coefficient (Wildman–Crippen LogP) is 2.12. The molecule has 8 nitrogen and oxygen atoms in total. The highest BCUT2D eigenvalue weighted by Gasteiger charge is 2.16. The molecule has 0 aliphatic rings. The van der Waals surface area contributed by atoms with E-state index in [0.717, 1.165) is 28.9 Å². The molecule has 1 unspecified atom stereocenters. The van der Waals surface area contributed by atoms with Gasteiger partial charge in [-0.3, -0.25) is 4.79 Å². The Labute approximate surface area is 158 Å². The molecule has 2 aromatic carbocycles. The molecule has 2 aromatic rings. The van der Waals surface area contributed by atoms with Crippen LogP contribution in [0.25, 0.3) is 0 Å². The fraction of sp³-hybridized carbons (Fsp3) is 0.211. The molecular formula is C19H24N6O2. The number of carboxylic acids is 1. The molecule has 142 valence electrons. The third-order valence-corrected chi connectivity index (χ3v) is 4.06. The molecule has 8 heteroatoms. The SMILES string of the molecule is NNC=Nc1ccc(CCC(CC(=O)O)c2cccc(N=CNN)c2)cc1. The van der Waals surface area contributed by atoms with Crippen LogP contribution in [0.15, 0.2) is 58.5 Å². The lowest BCUT2D eigenvalue weighted by Crippen LogP contribution is -2.18. The van der Waals surface area contributed by atoms with Crippen LogP contribution in [0.3, 0.4) is 0 Å². The van der Waals surface area contributed by atoms with Gasteiger partial charge in [-0.2, -0.15) is 0 Å². The van der Waals surface area contributed by atoms with Gasteiger partial charge >= 0.3 is 5.97 Å². The van der Waals surface area contributed by atoms with Crippen LogP contribution >= 0.6 is 0 Å². The second kappa shape index (κ2) is 10.7. The smallest absolute Gasteiger partial charge is 0.303 e. The van der Waals surface area contributed by atoms with Gasteiger partial charge in [-0.1, -0.05) is 24.3 Å². The number of nitrogens with zero attached hydrogens (tertiary/aromatic N) is 2. The zero-order chi connectivity index (χ0) is 19.5. The maximum absolute atomic E-state index is 11.3. The Kier molecular flexibility index (Phi) is 7.95. The number of aliphatic carboxylic acids is 1. The number of aryl methyl sites for hydroxylation is 1. The van der Waals surface area contributed by atoms with Gasteiger partial charge in [-0.25, -0.2) is 21.7 Å². The maximum Gasteiger partial charge on any atom is 0.303 e. The van der Waals surface area contributed by atoms with Gasteiger partial charge in [-0.15, -0.1) is 0 Å². The summed E-state index contributed by atoms with van der Waals surface area (Å²) < 4.78 is 0. The predicted molar refractivity (Wildman–Crippen MR) is 107 cm³/mol. The van der Waals surface area contributed by atoms with Crippen LogP contribution in [-0.4, -0.2) is 23.8 Å². The van der Waals surface area contributed by atoms with Crippen LogP contribution in [-0.2, 0) is 11.2 Å². The summed E-state index contributed by atoms with van der Waals surface area (Å²) >= 11 is 0. The van der Waals surface area contributed by atoms with Gasteiger partial charge in [0.2, 0.25) is 0 Å². The first-order valence-electron chi connectivity index (χ1n) is 8.50. The van der Waals surface area contributed by atoms with Gasteiger partial charge < -0.3 is 16.0 Å². The number of hydrazine groups is 2. The van der Waals surface area contributed by atoms with Crippen LogP contribution in [0.5, 0.6) is 0 Å². The topological polar surface area (TPSA) is 138 Å². The Hall–Kier alpha value is -3.23. The molecule has 0 aliphatic heterocycles. The molecule has 0 amide bonds. The summed E-state index contributed by atoms with van der Waals surface area (Å²) in [4.78, 5) is 19.6. The Bertz CT molecular complexity index is 789. The minimum absolute atomic E-state index is 0.0624. The van der Waals surface area contributed by atoms with Gasteiger partial charge in [0.15, 0.2) is 0 Å². The minimum Gasteiger partial charge on any atom is -0.481 e. The molecule has 0 aliphatic carbocycles. The lowest BCUT2D eigenvalue weighted by Gasteiger charge is -2.16. The standard InChI is InChI=1S/C19H24N6O2/c20-24-12-22-17-8-5-14(6-9-17)4-7-16(11-19(26)27)15-2-1-3-18(10-15)23-13-25-21/h1-3,5-6,8-10,12-13,16H,4,7,11,20-21H2,(H,22,24)(H,23,25)(H,26,27). The van der Waals surface area contributed by atoms with E-state index in [1.54, 1.807) is 0 Å². The number of hydrogen-bond acceptors (Lipinski definition) is 5. The van der Waals surface area contributed by atoms with Crippen molar-refractivity contribution in [3.63, 3.8) is 0 Å². The Morgan fingerprint density at radius 3 is 2.33 bits per heavy atom. The van der Waals surface area contributed by atoms with Gasteiger partial charge in [0.05, 0.1) is 17.8 Å². The van der Waals surface area contributed by atoms with E-state index in [0.29, 0.717) is 6.42 Å². The highest BCUT2D eigenvalue weighted by molar-refractivity contribution is 5.68. The van der Waals surface area contributed by atoms with E-state index in [4.69, 9.17) is 11.7 Å². The second-order valence-electron chi connectivity index (χ2n) is 5.94. The number of nitrogens with two attached hydrogens (primary N) is 2. The van der Waals surface area contributed by atoms with Crippen LogP contribution in [0.2, 0.25) is 0 Å². The first-order chi connectivity index (χ1) is 13.1. The van der Waals surface area contributed by atoms with E-state index in [1.165, 1.54) is 12.7 Å². The summed E-state index contributed by atoms with van der Waals surface area (Å²) in [7, 11) is 0. The van der Waals surface area contributed by atoms with Crippen molar-refractivity contribution < 1.29 is 9.90 Å². The minimum atomic E-state index is -0.823. The fourth-order valence-corrected chi connectivity index (χ4v) is 2.77. The molecule has 0 saturated carbocycles. The van der Waals surface area contributed by atoms with Gasteiger partial charge in [0, 0.05) is 0 Å². The molecule has 2 rings (SSSR count). The van der Waals surface area contributed by atoms with Gasteiger partial charge in [-0.05, 0) is 54.2 Å². The lowest BCUT2D eigenvalue weighted by molar-refractivity contribution is -0.137. The van der Waals surface area contributed by atoms with Crippen molar-refractivity contribution in [3.05, 3.63) is 59.7 Å². The third kappa shape index (κ3) is 6.89. The molecule has 1 atom stereocenters. The molecule has 0 fully saturated rings. The van der Waals surface area contributed by atoms with Crippen molar-refractivity contribution in [2.75, 3.05) is 0 Å². The van der Waals surface area contributed by atoms with E-state index in [2.05, 4.69) is 20.8 Å². The average Bonchev–Trinajstić information content (AvgIpc) is 2.68. The number of hydrogen-bond donors (Lipinski definition) is 5. The quantitative estimate of drug-likeness (QED) is 0.188. The van der Waals surface area contributed by atoms with Crippen LogP contribution in [0, 0.1) is 0 Å². The molecule has 0 aromatic heterocycles. The molecule has 0 bridgehead atoms. The number of carbonyl (C=O) groups is 1. The van der Waals surface area contributed by atoms with Crippen LogP contribution in [0.1, 0.15) is 29.9 Å². The van der Waals surface area contributed by atoms with Crippen molar-refractivity contribution in [3.8, 4) is 0 Å². The zero-order valence-corrected chi connectivity index (χ0v) is 14.9. The molecule has 0 saturated heterocycles. The molecule has 7 N–H and O–H groups in total. The first-order valence-corrected chi connectivity index (χ1v) is 8.50. The number of aliphatic imine (C=N–C) groups is 2. The summed E-state index contributed by atoms with van der Waals surface area (Å²) in [6.45, 7) is 0. The normalized spacial score (nSPS) is 12.4. The molecule has 0 heterocycles. The number of rotatable bonds is 10. The molecule has 0 radical (unpaired) electrons.